The summed E-state index contributed by atoms with van der Waals surface area (Å²) in [5.41, 5.74) is 1.50. The summed E-state index contributed by atoms with van der Waals surface area (Å²) in [6.45, 7) is 3.65. The maximum Gasteiger partial charge on any atom is 0.416 e. The third kappa shape index (κ3) is 4.89. The Hall–Kier alpha value is -2.70. The molecule has 0 heterocycles. The van der Waals surface area contributed by atoms with E-state index in [1.165, 1.54) is 13.2 Å². The molecule has 134 valence electrons. The van der Waals surface area contributed by atoms with Crippen molar-refractivity contribution < 1.29 is 27.4 Å². The summed E-state index contributed by atoms with van der Waals surface area (Å²) in [6, 6.07) is 8.55. The Bertz CT molecular complexity index is 773. The second-order valence-corrected chi connectivity index (χ2v) is 5.54. The first kappa shape index (κ1) is 18.6. The minimum Gasteiger partial charge on any atom is -0.489 e. The van der Waals surface area contributed by atoms with Crippen LogP contribution >= 0.6 is 0 Å². The van der Waals surface area contributed by atoms with Crippen molar-refractivity contribution in [3.8, 4) is 5.75 Å². The second kappa shape index (κ2) is 7.46. The van der Waals surface area contributed by atoms with Crippen molar-refractivity contribution in [3.63, 3.8) is 0 Å². The van der Waals surface area contributed by atoms with Crippen molar-refractivity contribution in [1.82, 2.24) is 0 Å². The molecular formula is C18H18F3NO3. The number of carbonyl (C=O) groups excluding carboxylic acids is 1. The average Bonchev–Trinajstić information content (AvgIpc) is 2.54. The number of amides is 1. The van der Waals surface area contributed by atoms with E-state index in [0.29, 0.717) is 5.75 Å². The number of hydrogen-bond donors (Lipinski definition) is 1. The second-order valence-electron chi connectivity index (χ2n) is 5.54. The van der Waals surface area contributed by atoms with Gasteiger partial charge in [0.1, 0.15) is 12.4 Å². The molecule has 0 unspecified atom stereocenters. The van der Waals surface area contributed by atoms with E-state index in [2.05, 4.69) is 10.1 Å². The fourth-order valence-corrected chi connectivity index (χ4v) is 2.29. The van der Waals surface area contributed by atoms with Crippen LogP contribution in [0, 0.1) is 13.8 Å². The Morgan fingerprint density at radius 3 is 2.44 bits per heavy atom. The molecule has 0 radical (unpaired) electrons. The minimum absolute atomic E-state index is 0.132. The standard InChI is InChI=1S/C18H18F3NO3/c1-11-4-7-16(12(2)8-11)25-10-13-9-14(18(19,20)21)5-6-15(13)22-17(23)24-3/h4-9H,10H2,1-3H3,(H,22,23). The van der Waals surface area contributed by atoms with Gasteiger partial charge in [0.25, 0.3) is 0 Å². The molecule has 0 fully saturated rings. The number of ether oxygens (including phenoxy) is 2. The Morgan fingerprint density at radius 2 is 1.84 bits per heavy atom. The molecule has 0 spiro atoms. The Morgan fingerprint density at radius 1 is 1.12 bits per heavy atom. The molecule has 0 aliphatic heterocycles. The summed E-state index contributed by atoms with van der Waals surface area (Å²) < 4.78 is 49.0. The number of anilines is 1. The van der Waals surface area contributed by atoms with Crippen LogP contribution < -0.4 is 10.1 Å². The molecule has 0 bridgehead atoms. The number of alkyl halides is 3. The predicted molar refractivity (Wildman–Crippen MR) is 87.7 cm³/mol. The molecule has 0 aliphatic carbocycles. The quantitative estimate of drug-likeness (QED) is 0.834. The molecule has 2 rings (SSSR count). The van der Waals surface area contributed by atoms with E-state index >= 15 is 0 Å². The van der Waals surface area contributed by atoms with Gasteiger partial charge in [0.05, 0.1) is 18.4 Å². The number of aryl methyl sites for hydroxylation is 2. The number of methoxy groups -OCH3 is 1. The van der Waals surface area contributed by atoms with Gasteiger partial charge < -0.3 is 9.47 Å². The van der Waals surface area contributed by atoms with Gasteiger partial charge >= 0.3 is 12.3 Å². The molecule has 0 aromatic heterocycles. The lowest BCUT2D eigenvalue weighted by Gasteiger charge is -2.16. The van der Waals surface area contributed by atoms with Crippen molar-refractivity contribution in [3.05, 3.63) is 58.7 Å². The van der Waals surface area contributed by atoms with Crippen molar-refractivity contribution in [2.75, 3.05) is 12.4 Å². The van der Waals surface area contributed by atoms with Gasteiger partial charge in [-0.15, -0.1) is 0 Å². The third-order valence-corrected chi connectivity index (χ3v) is 3.57. The molecular weight excluding hydrogens is 335 g/mol. The van der Waals surface area contributed by atoms with Crippen LogP contribution in [0.3, 0.4) is 0 Å². The summed E-state index contributed by atoms with van der Waals surface area (Å²) >= 11 is 0. The van der Waals surface area contributed by atoms with Crippen molar-refractivity contribution >= 4 is 11.8 Å². The van der Waals surface area contributed by atoms with E-state index in [-0.39, 0.29) is 17.9 Å². The smallest absolute Gasteiger partial charge is 0.416 e. The molecule has 2 aromatic rings. The number of nitrogens with one attached hydrogen (secondary N) is 1. The van der Waals surface area contributed by atoms with Gasteiger partial charge in [-0.3, -0.25) is 5.32 Å². The lowest BCUT2D eigenvalue weighted by Crippen LogP contribution is -2.15. The highest BCUT2D eigenvalue weighted by Crippen LogP contribution is 2.32. The van der Waals surface area contributed by atoms with Crippen LogP contribution in [0.5, 0.6) is 5.75 Å². The number of carbonyl (C=O) groups is 1. The van der Waals surface area contributed by atoms with Gasteiger partial charge in [0.2, 0.25) is 0 Å². The van der Waals surface area contributed by atoms with Crippen LogP contribution in [0.1, 0.15) is 22.3 Å². The highest BCUT2D eigenvalue weighted by molar-refractivity contribution is 5.85. The van der Waals surface area contributed by atoms with Gasteiger partial charge in [-0.05, 0) is 43.7 Å². The van der Waals surface area contributed by atoms with Gasteiger partial charge in [-0.25, -0.2) is 4.79 Å². The monoisotopic (exact) mass is 353 g/mol. The van der Waals surface area contributed by atoms with Gasteiger partial charge in [0.15, 0.2) is 0 Å². The van der Waals surface area contributed by atoms with Crippen LogP contribution in [-0.4, -0.2) is 13.2 Å². The maximum atomic E-state index is 12.9. The van der Waals surface area contributed by atoms with Crippen LogP contribution in [0.15, 0.2) is 36.4 Å². The highest BCUT2D eigenvalue weighted by Gasteiger charge is 2.31. The molecule has 7 heteroatoms. The molecule has 0 saturated heterocycles. The number of halogens is 3. The molecule has 2 aromatic carbocycles. The molecule has 0 saturated carbocycles. The van der Waals surface area contributed by atoms with E-state index in [9.17, 15) is 18.0 Å². The number of benzene rings is 2. The summed E-state index contributed by atoms with van der Waals surface area (Å²) in [6.07, 6.45) is -5.26. The molecule has 0 aliphatic rings. The van der Waals surface area contributed by atoms with E-state index in [1.807, 2.05) is 26.0 Å². The van der Waals surface area contributed by atoms with E-state index in [1.54, 1.807) is 6.07 Å². The summed E-state index contributed by atoms with van der Waals surface area (Å²) in [4.78, 5) is 11.4. The third-order valence-electron chi connectivity index (χ3n) is 3.57. The first-order valence-electron chi connectivity index (χ1n) is 7.46. The summed E-state index contributed by atoms with van der Waals surface area (Å²) in [7, 11) is 1.17. The Kier molecular flexibility index (Phi) is 5.56. The van der Waals surface area contributed by atoms with E-state index in [4.69, 9.17) is 4.74 Å². The first-order chi connectivity index (χ1) is 11.7. The average molecular weight is 353 g/mol. The highest BCUT2D eigenvalue weighted by atomic mass is 19.4. The molecule has 1 amide bonds. The SMILES string of the molecule is COC(=O)Nc1ccc(C(F)(F)F)cc1COc1ccc(C)cc1C. The summed E-state index contributed by atoms with van der Waals surface area (Å²) in [5.74, 6) is 0.562. The Labute approximate surface area is 143 Å². The van der Waals surface area contributed by atoms with Crippen molar-refractivity contribution in [2.45, 2.75) is 26.6 Å². The fourth-order valence-electron chi connectivity index (χ4n) is 2.29. The van der Waals surface area contributed by atoms with Gasteiger partial charge in [-0.1, -0.05) is 17.7 Å². The maximum absolute atomic E-state index is 12.9. The predicted octanol–water partition coefficient (Wildman–Crippen LogP) is 5.08. The van der Waals surface area contributed by atoms with Gasteiger partial charge in [-0.2, -0.15) is 13.2 Å². The largest absolute Gasteiger partial charge is 0.489 e. The van der Waals surface area contributed by atoms with Crippen LogP contribution in [0.25, 0.3) is 0 Å². The topological polar surface area (TPSA) is 47.6 Å². The molecule has 1 N–H and O–H groups in total. The lowest BCUT2D eigenvalue weighted by molar-refractivity contribution is -0.137. The number of hydrogen-bond acceptors (Lipinski definition) is 3. The summed E-state index contributed by atoms with van der Waals surface area (Å²) in [5, 5.41) is 2.39. The van der Waals surface area contributed by atoms with E-state index in [0.717, 1.165) is 23.3 Å². The van der Waals surface area contributed by atoms with E-state index < -0.39 is 17.8 Å². The van der Waals surface area contributed by atoms with Crippen LogP contribution in [0.2, 0.25) is 0 Å². The fraction of sp³-hybridized carbons (Fsp3) is 0.278. The van der Waals surface area contributed by atoms with Crippen molar-refractivity contribution in [2.24, 2.45) is 0 Å². The zero-order chi connectivity index (χ0) is 18.6. The molecule has 4 nitrogen and oxygen atoms in total. The van der Waals surface area contributed by atoms with Crippen LogP contribution in [-0.2, 0) is 17.5 Å². The molecule has 25 heavy (non-hydrogen) atoms. The van der Waals surface area contributed by atoms with Crippen LogP contribution in [0.4, 0.5) is 23.7 Å². The minimum atomic E-state index is -4.49. The first-order valence-corrected chi connectivity index (χ1v) is 7.46. The van der Waals surface area contributed by atoms with Crippen molar-refractivity contribution in [1.29, 1.82) is 0 Å². The normalized spacial score (nSPS) is 11.1. The van der Waals surface area contributed by atoms with Gasteiger partial charge in [0, 0.05) is 5.56 Å². The number of rotatable bonds is 4. The zero-order valence-electron chi connectivity index (χ0n) is 14.0. The lowest BCUT2D eigenvalue weighted by atomic mass is 10.1. The zero-order valence-corrected chi connectivity index (χ0v) is 14.0. The Balaban J connectivity index is 2.29. The molecule has 0 atom stereocenters.